The van der Waals surface area contributed by atoms with Crippen molar-refractivity contribution < 1.29 is 17.9 Å². The number of benzene rings is 1. The first-order valence-corrected chi connectivity index (χ1v) is 8.65. The lowest BCUT2D eigenvalue weighted by molar-refractivity contribution is -0.137. The van der Waals surface area contributed by atoms with Crippen LogP contribution in [0.3, 0.4) is 0 Å². The second-order valence-electron chi connectivity index (χ2n) is 6.02. The molecule has 0 fully saturated rings. The van der Waals surface area contributed by atoms with Crippen LogP contribution in [0.4, 0.5) is 13.2 Å². The molecule has 0 radical (unpaired) electrons. The van der Waals surface area contributed by atoms with E-state index < -0.39 is 11.7 Å². The highest BCUT2D eigenvalue weighted by atomic mass is 127. The molecule has 5 nitrogen and oxygen atoms in total. The Morgan fingerprint density at radius 2 is 1.74 bits per heavy atom. The van der Waals surface area contributed by atoms with E-state index in [1.165, 1.54) is 12.1 Å². The van der Waals surface area contributed by atoms with Crippen LogP contribution in [0.2, 0.25) is 0 Å². The Morgan fingerprint density at radius 3 is 2.30 bits per heavy atom. The lowest BCUT2D eigenvalue weighted by Gasteiger charge is -2.17. The monoisotopic (exact) mass is 502 g/mol. The van der Waals surface area contributed by atoms with E-state index >= 15 is 0 Å². The van der Waals surface area contributed by atoms with Crippen molar-refractivity contribution in [1.29, 1.82) is 0 Å². The summed E-state index contributed by atoms with van der Waals surface area (Å²) in [5.41, 5.74) is 0.225. The Balaban J connectivity index is 0.00000676. The first-order chi connectivity index (χ1) is 12.4. The number of hydrogen-bond donors (Lipinski definition) is 2. The smallest absolute Gasteiger partial charge is 0.383 e. The Bertz CT molecular complexity index is 538. The molecule has 0 saturated heterocycles. The van der Waals surface area contributed by atoms with E-state index in [1.807, 2.05) is 0 Å². The van der Waals surface area contributed by atoms with E-state index in [-0.39, 0.29) is 24.0 Å². The van der Waals surface area contributed by atoms with Crippen molar-refractivity contribution in [3.05, 3.63) is 35.4 Å². The maximum absolute atomic E-state index is 12.5. The number of guanidine groups is 1. The third-order valence-corrected chi connectivity index (χ3v) is 3.90. The molecule has 0 atom stereocenters. The van der Waals surface area contributed by atoms with Gasteiger partial charge in [0.05, 0.1) is 12.2 Å². The molecule has 0 aliphatic heterocycles. The minimum Gasteiger partial charge on any atom is -0.383 e. The van der Waals surface area contributed by atoms with Crippen molar-refractivity contribution in [3.63, 3.8) is 0 Å². The number of nitrogens with zero attached hydrogens (tertiary/aromatic N) is 2. The quantitative estimate of drug-likeness (QED) is 0.224. The Kier molecular flexibility index (Phi) is 13.4. The van der Waals surface area contributed by atoms with Crippen LogP contribution in [0.1, 0.15) is 17.5 Å². The summed E-state index contributed by atoms with van der Waals surface area (Å²) in [6.07, 6.45) is -2.70. The van der Waals surface area contributed by atoms with Crippen molar-refractivity contribution in [2.24, 2.45) is 4.99 Å². The van der Waals surface area contributed by atoms with Gasteiger partial charge in [-0.2, -0.15) is 13.2 Å². The molecule has 0 amide bonds. The van der Waals surface area contributed by atoms with Crippen LogP contribution >= 0.6 is 24.0 Å². The predicted octanol–water partition coefficient (Wildman–Crippen LogP) is 3.00. The van der Waals surface area contributed by atoms with Crippen LogP contribution in [0.25, 0.3) is 0 Å². The Hall–Kier alpha value is -1.07. The van der Waals surface area contributed by atoms with Crippen LogP contribution in [-0.2, 0) is 17.3 Å². The molecule has 0 saturated carbocycles. The number of methoxy groups -OCH3 is 1. The molecule has 0 aromatic heterocycles. The van der Waals surface area contributed by atoms with Crippen LogP contribution in [0, 0.1) is 0 Å². The SMILES string of the molecule is CN=C(NCCCN(C)CCOC)NCCc1ccc(C(F)(F)F)cc1.I. The second-order valence-corrected chi connectivity index (χ2v) is 6.02. The lowest BCUT2D eigenvalue weighted by Crippen LogP contribution is -2.39. The van der Waals surface area contributed by atoms with Gasteiger partial charge in [-0.25, -0.2) is 0 Å². The summed E-state index contributed by atoms with van der Waals surface area (Å²) in [5.74, 6) is 0.691. The van der Waals surface area contributed by atoms with Crippen molar-refractivity contribution in [2.45, 2.75) is 19.0 Å². The number of halogens is 4. The number of likely N-dealkylation sites (N-methyl/N-ethyl adjacent to an activating group) is 1. The van der Waals surface area contributed by atoms with E-state index in [1.54, 1.807) is 14.2 Å². The summed E-state index contributed by atoms with van der Waals surface area (Å²) in [6.45, 7) is 3.96. The van der Waals surface area contributed by atoms with Crippen LogP contribution in [0.5, 0.6) is 0 Å². The molecule has 156 valence electrons. The maximum atomic E-state index is 12.5. The topological polar surface area (TPSA) is 48.9 Å². The largest absolute Gasteiger partial charge is 0.416 e. The van der Waals surface area contributed by atoms with E-state index in [9.17, 15) is 13.2 Å². The first-order valence-electron chi connectivity index (χ1n) is 8.65. The molecule has 9 heteroatoms. The van der Waals surface area contributed by atoms with Crippen molar-refractivity contribution in [2.75, 3.05) is 54.0 Å². The molecule has 0 spiro atoms. The molecule has 1 rings (SSSR count). The number of hydrogen-bond acceptors (Lipinski definition) is 3. The number of rotatable bonds is 10. The zero-order chi connectivity index (χ0) is 19.4. The van der Waals surface area contributed by atoms with E-state index in [0.717, 1.165) is 50.4 Å². The molecule has 1 aromatic carbocycles. The summed E-state index contributed by atoms with van der Waals surface area (Å²) in [4.78, 5) is 6.34. The highest BCUT2D eigenvalue weighted by Gasteiger charge is 2.29. The zero-order valence-corrected chi connectivity index (χ0v) is 18.4. The van der Waals surface area contributed by atoms with Gasteiger partial charge in [-0.05, 0) is 44.1 Å². The molecular weight excluding hydrogens is 472 g/mol. The minimum absolute atomic E-state index is 0. The standard InChI is InChI=1S/C18H29F3N4O.HI/c1-22-17(23-10-4-12-25(2)13-14-26-3)24-11-9-15-5-7-16(8-6-15)18(19,20)21;/h5-8H,4,9-14H2,1-3H3,(H2,22,23,24);1H. The van der Waals surface area contributed by atoms with Gasteiger partial charge in [0.1, 0.15) is 0 Å². The molecule has 0 unspecified atom stereocenters. The van der Waals surface area contributed by atoms with Gasteiger partial charge in [-0.3, -0.25) is 4.99 Å². The minimum atomic E-state index is -4.29. The van der Waals surface area contributed by atoms with Gasteiger partial charge in [0, 0.05) is 33.8 Å². The summed E-state index contributed by atoms with van der Waals surface area (Å²) in [5, 5.41) is 6.40. The summed E-state index contributed by atoms with van der Waals surface area (Å²) in [6, 6.07) is 5.25. The van der Waals surface area contributed by atoms with Crippen LogP contribution < -0.4 is 10.6 Å². The van der Waals surface area contributed by atoms with Crippen molar-refractivity contribution in [3.8, 4) is 0 Å². The molecule has 2 N–H and O–H groups in total. The Labute approximate surface area is 176 Å². The predicted molar refractivity (Wildman–Crippen MR) is 114 cm³/mol. The Morgan fingerprint density at radius 1 is 1.11 bits per heavy atom. The van der Waals surface area contributed by atoms with E-state index in [2.05, 4.69) is 27.6 Å². The van der Waals surface area contributed by atoms with Gasteiger partial charge >= 0.3 is 6.18 Å². The molecule has 0 heterocycles. The van der Waals surface area contributed by atoms with Gasteiger partial charge in [-0.15, -0.1) is 24.0 Å². The van der Waals surface area contributed by atoms with Crippen LogP contribution in [-0.4, -0.2) is 64.9 Å². The third-order valence-electron chi connectivity index (χ3n) is 3.90. The first kappa shape index (κ1) is 25.9. The maximum Gasteiger partial charge on any atom is 0.416 e. The van der Waals surface area contributed by atoms with Gasteiger partial charge in [0.25, 0.3) is 0 Å². The third kappa shape index (κ3) is 11.4. The lowest BCUT2D eigenvalue weighted by atomic mass is 10.1. The zero-order valence-electron chi connectivity index (χ0n) is 16.1. The summed E-state index contributed by atoms with van der Waals surface area (Å²) >= 11 is 0. The normalized spacial score (nSPS) is 12.0. The van der Waals surface area contributed by atoms with Gasteiger partial charge < -0.3 is 20.3 Å². The number of ether oxygens (including phenoxy) is 1. The molecule has 1 aromatic rings. The fourth-order valence-corrected chi connectivity index (χ4v) is 2.32. The highest BCUT2D eigenvalue weighted by Crippen LogP contribution is 2.29. The van der Waals surface area contributed by atoms with E-state index in [4.69, 9.17) is 4.74 Å². The second kappa shape index (κ2) is 14.0. The van der Waals surface area contributed by atoms with Gasteiger partial charge in [-0.1, -0.05) is 12.1 Å². The molecule has 0 aliphatic carbocycles. The summed E-state index contributed by atoms with van der Waals surface area (Å²) in [7, 11) is 5.43. The molecular formula is C18H30F3IN4O. The van der Waals surface area contributed by atoms with Crippen molar-refractivity contribution >= 4 is 29.9 Å². The number of alkyl halides is 3. The van der Waals surface area contributed by atoms with Crippen LogP contribution in [0.15, 0.2) is 29.3 Å². The van der Waals surface area contributed by atoms with Gasteiger partial charge in [0.15, 0.2) is 5.96 Å². The average molecular weight is 502 g/mol. The highest BCUT2D eigenvalue weighted by molar-refractivity contribution is 14.0. The number of aliphatic imine (C=N–C) groups is 1. The van der Waals surface area contributed by atoms with Gasteiger partial charge in [0.2, 0.25) is 0 Å². The fraction of sp³-hybridized carbons (Fsp3) is 0.611. The average Bonchev–Trinajstić information content (AvgIpc) is 2.61. The molecule has 27 heavy (non-hydrogen) atoms. The summed E-state index contributed by atoms with van der Waals surface area (Å²) < 4.78 is 42.6. The fourth-order valence-electron chi connectivity index (χ4n) is 2.32. The number of nitrogens with one attached hydrogen (secondary N) is 2. The molecule has 0 bridgehead atoms. The van der Waals surface area contributed by atoms with Crippen molar-refractivity contribution in [1.82, 2.24) is 15.5 Å². The molecule has 0 aliphatic rings. The van der Waals surface area contributed by atoms with E-state index in [0.29, 0.717) is 18.9 Å².